The van der Waals surface area contributed by atoms with Crippen LogP contribution in [0.5, 0.6) is 0 Å². The third-order valence-electron chi connectivity index (χ3n) is 7.09. The monoisotopic (exact) mass is 532 g/mol. The maximum Gasteiger partial charge on any atom is 0.284 e. The Hall–Kier alpha value is -3.51. The zero-order valence-corrected chi connectivity index (χ0v) is 20.9. The number of aromatic amines is 1. The molecule has 0 aliphatic carbocycles. The Bertz CT molecular complexity index is 1420. The van der Waals surface area contributed by atoms with E-state index >= 15 is 4.39 Å². The van der Waals surface area contributed by atoms with Crippen molar-refractivity contribution < 1.29 is 22.4 Å². The Morgan fingerprint density at radius 1 is 1.08 bits per heavy atom. The van der Waals surface area contributed by atoms with Gasteiger partial charge in [0.25, 0.3) is 17.4 Å². The molecule has 4 heterocycles. The molecule has 2 aromatic heterocycles. The smallest absolute Gasteiger partial charge is 0.284 e. The number of benzene rings is 1. The maximum absolute atomic E-state index is 15.2. The summed E-state index contributed by atoms with van der Waals surface area (Å²) in [6.07, 6.45) is 0.206. The fourth-order valence-electron chi connectivity index (χ4n) is 4.92. The summed E-state index contributed by atoms with van der Waals surface area (Å²) in [4.78, 5) is 34.7. The lowest BCUT2D eigenvalue weighted by atomic mass is 10.1. The second kappa shape index (κ2) is 10.3. The summed E-state index contributed by atoms with van der Waals surface area (Å²) in [6.45, 7) is 3.60. The molecular formula is C26H28F4N6O2. The van der Waals surface area contributed by atoms with Crippen LogP contribution in [0, 0.1) is 11.8 Å². The van der Waals surface area contributed by atoms with E-state index in [9.17, 15) is 22.8 Å². The number of rotatable bonds is 6. The lowest BCUT2D eigenvalue weighted by Gasteiger charge is -2.36. The van der Waals surface area contributed by atoms with Gasteiger partial charge in [-0.15, -0.1) is 0 Å². The highest BCUT2D eigenvalue weighted by Crippen LogP contribution is 2.26. The van der Waals surface area contributed by atoms with Gasteiger partial charge in [-0.05, 0) is 24.6 Å². The Labute approximate surface area is 216 Å². The molecule has 1 aromatic carbocycles. The van der Waals surface area contributed by atoms with Crippen molar-refractivity contribution in [2.45, 2.75) is 32.2 Å². The van der Waals surface area contributed by atoms with E-state index in [0.29, 0.717) is 55.7 Å². The first-order valence-corrected chi connectivity index (χ1v) is 12.5. The van der Waals surface area contributed by atoms with Crippen molar-refractivity contribution in [3.63, 3.8) is 0 Å². The minimum absolute atomic E-state index is 0.00438. The number of alkyl halides is 2. The second-order valence-corrected chi connectivity index (χ2v) is 9.72. The van der Waals surface area contributed by atoms with Crippen LogP contribution in [0.3, 0.4) is 0 Å². The van der Waals surface area contributed by atoms with Gasteiger partial charge in [0.2, 0.25) is 5.95 Å². The molecule has 2 saturated heterocycles. The molecule has 2 aliphatic heterocycles. The number of hydrogen-bond acceptors (Lipinski definition) is 6. The van der Waals surface area contributed by atoms with E-state index in [-0.39, 0.29) is 35.4 Å². The third kappa shape index (κ3) is 5.37. The number of halogens is 4. The van der Waals surface area contributed by atoms with Crippen LogP contribution in [-0.4, -0.2) is 71.0 Å². The van der Waals surface area contributed by atoms with E-state index in [2.05, 4.69) is 15.4 Å². The molecule has 8 nitrogen and oxygen atoms in total. The minimum Gasteiger partial charge on any atom is -0.365 e. The molecule has 12 heteroatoms. The number of piperazine rings is 1. The molecule has 202 valence electrons. The second-order valence-electron chi connectivity index (χ2n) is 9.72. The maximum atomic E-state index is 15.2. The SMILES string of the molecule is CCc1cc2ccc(CN3CCN(c4ccc(C(=O)NN5CCC(F)(F)C5)nc4F)CC3)c(F)c2[nH]c1=O. The summed E-state index contributed by atoms with van der Waals surface area (Å²) >= 11 is 0. The largest absolute Gasteiger partial charge is 0.365 e. The predicted octanol–water partition coefficient (Wildman–Crippen LogP) is 3.07. The van der Waals surface area contributed by atoms with Crippen molar-refractivity contribution in [2.75, 3.05) is 44.2 Å². The van der Waals surface area contributed by atoms with Gasteiger partial charge in [-0.3, -0.25) is 19.9 Å². The van der Waals surface area contributed by atoms with Gasteiger partial charge in [0.1, 0.15) is 5.69 Å². The summed E-state index contributed by atoms with van der Waals surface area (Å²) in [5.41, 5.74) is 3.35. The van der Waals surface area contributed by atoms with Crippen LogP contribution in [0.1, 0.15) is 35.0 Å². The highest BCUT2D eigenvalue weighted by atomic mass is 19.3. The standard InChI is InChI=1S/C26H28F4N6O2/c1-2-16-13-17-3-4-18(21(27)22(17)32-24(16)37)14-34-9-11-35(12-10-34)20-6-5-19(31-23(20)28)25(38)33-36-8-7-26(29,30)15-36/h3-6,13H,2,7-12,14-15H2,1H3,(H,32,37)(H,33,38). The Balaban J connectivity index is 1.20. The molecule has 0 atom stereocenters. The molecule has 2 N–H and O–H groups in total. The number of amides is 1. The minimum atomic E-state index is -2.87. The number of hydrazine groups is 1. The van der Waals surface area contributed by atoms with Crippen LogP contribution in [0.4, 0.5) is 23.2 Å². The van der Waals surface area contributed by atoms with Gasteiger partial charge in [0, 0.05) is 62.2 Å². The molecule has 0 spiro atoms. The molecule has 5 rings (SSSR count). The summed E-state index contributed by atoms with van der Waals surface area (Å²) in [7, 11) is 0. The third-order valence-corrected chi connectivity index (χ3v) is 7.09. The summed E-state index contributed by atoms with van der Waals surface area (Å²) in [5, 5.41) is 1.75. The van der Waals surface area contributed by atoms with E-state index < -0.39 is 30.1 Å². The van der Waals surface area contributed by atoms with Crippen LogP contribution in [0.25, 0.3) is 10.9 Å². The lowest BCUT2D eigenvalue weighted by Crippen LogP contribution is -2.46. The number of aromatic nitrogens is 2. The van der Waals surface area contributed by atoms with Crippen LogP contribution in [0.2, 0.25) is 0 Å². The van der Waals surface area contributed by atoms with Crippen LogP contribution < -0.4 is 15.9 Å². The number of carbonyl (C=O) groups excluding carboxylic acids is 1. The summed E-state index contributed by atoms with van der Waals surface area (Å²) in [5.74, 6) is -4.89. The fourth-order valence-corrected chi connectivity index (χ4v) is 4.92. The van der Waals surface area contributed by atoms with Crippen LogP contribution in [-0.2, 0) is 13.0 Å². The van der Waals surface area contributed by atoms with Crippen molar-refractivity contribution in [1.82, 2.24) is 25.3 Å². The number of fused-ring (bicyclic) bond motifs is 1. The normalized spacial score (nSPS) is 18.3. The van der Waals surface area contributed by atoms with Gasteiger partial charge in [-0.2, -0.15) is 4.39 Å². The quantitative estimate of drug-likeness (QED) is 0.375. The molecule has 0 unspecified atom stereocenters. The Kier molecular flexibility index (Phi) is 7.10. The lowest BCUT2D eigenvalue weighted by molar-refractivity contribution is 0.00697. The average Bonchev–Trinajstić information content (AvgIpc) is 3.24. The van der Waals surface area contributed by atoms with Crippen molar-refractivity contribution in [2.24, 2.45) is 0 Å². The van der Waals surface area contributed by atoms with E-state index in [1.165, 1.54) is 12.1 Å². The molecule has 2 fully saturated rings. The first-order valence-electron chi connectivity index (χ1n) is 12.5. The Morgan fingerprint density at radius 2 is 1.84 bits per heavy atom. The van der Waals surface area contributed by atoms with Gasteiger partial charge in [-0.25, -0.2) is 23.2 Å². The van der Waals surface area contributed by atoms with Crippen LogP contribution >= 0.6 is 0 Å². The predicted molar refractivity (Wildman–Crippen MR) is 134 cm³/mol. The summed E-state index contributed by atoms with van der Waals surface area (Å²) in [6, 6.07) is 8.05. The van der Waals surface area contributed by atoms with E-state index in [4.69, 9.17) is 0 Å². The number of anilines is 1. The zero-order chi connectivity index (χ0) is 27.0. The molecule has 38 heavy (non-hydrogen) atoms. The number of nitrogens with one attached hydrogen (secondary N) is 2. The first kappa shape index (κ1) is 26.1. The molecule has 0 bridgehead atoms. The molecule has 0 saturated carbocycles. The summed E-state index contributed by atoms with van der Waals surface area (Å²) < 4.78 is 56.6. The van der Waals surface area contributed by atoms with Crippen molar-refractivity contribution in [3.8, 4) is 0 Å². The van der Waals surface area contributed by atoms with Gasteiger partial charge >= 0.3 is 0 Å². The fraction of sp³-hybridized carbons (Fsp3) is 0.423. The number of carbonyl (C=O) groups is 1. The molecular weight excluding hydrogens is 504 g/mol. The first-order chi connectivity index (χ1) is 18.1. The highest BCUT2D eigenvalue weighted by Gasteiger charge is 2.39. The number of pyridine rings is 2. The zero-order valence-electron chi connectivity index (χ0n) is 20.9. The van der Waals surface area contributed by atoms with Gasteiger partial charge < -0.3 is 9.88 Å². The van der Waals surface area contributed by atoms with Crippen LogP contribution in [0.15, 0.2) is 35.1 Å². The van der Waals surface area contributed by atoms with E-state index in [1.807, 2.05) is 11.8 Å². The topological polar surface area (TPSA) is 84.6 Å². The van der Waals surface area contributed by atoms with Crippen molar-refractivity contribution in [3.05, 3.63) is 69.3 Å². The molecule has 0 radical (unpaired) electrons. The van der Waals surface area contributed by atoms with Crippen molar-refractivity contribution >= 4 is 22.5 Å². The molecule has 2 aliphatic rings. The number of aryl methyl sites for hydroxylation is 1. The van der Waals surface area contributed by atoms with Gasteiger partial charge in [-0.1, -0.05) is 19.1 Å². The van der Waals surface area contributed by atoms with Gasteiger partial charge in [0.05, 0.1) is 17.7 Å². The molecule has 3 aromatic rings. The molecule has 1 amide bonds. The van der Waals surface area contributed by atoms with E-state index in [1.54, 1.807) is 23.1 Å². The van der Waals surface area contributed by atoms with Gasteiger partial charge in [0.15, 0.2) is 5.82 Å². The Morgan fingerprint density at radius 3 is 2.50 bits per heavy atom. The number of nitrogens with zero attached hydrogens (tertiary/aromatic N) is 4. The highest BCUT2D eigenvalue weighted by molar-refractivity contribution is 5.92. The number of hydrogen-bond donors (Lipinski definition) is 2. The number of H-pyrrole nitrogens is 1. The van der Waals surface area contributed by atoms with E-state index in [0.717, 1.165) is 5.01 Å². The van der Waals surface area contributed by atoms with Crippen molar-refractivity contribution in [1.29, 1.82) is 0 Å². The average molecular weight is 533 g/mol.